The molecular weight excluding hydrogens is 452 g/mol. The van der Waals surface area contributed by atoms with Crippen molar-refractivity contribution in [2.75, 3.05) is 16.4 Å². The summed E-state index contributed by atoms with van der Waals surface area (Å²) in [5.74, 6) is 0.190. The van der Waals surface area contributed by atoms with Crippen molar-refractivity contribution in [3.63, 3.8) is 0 Å². The van der Waals surface area contributed by atoms with Gasteiger partial charge >= 0.3 is 0 Å². The maximum absolute atomic E-state index is 12.4. The number of imide groups is 1. The Morgan fingerprint density at radius 2 is 1.82 bits per heavy atom. The van der Waals surface area contributed by atoms with Gasteiger partial charge in [0.25, 0.3) is 11.8 Å². The number of nitrogens with one attached hydrogen (secondary N) is 3. The van der Waals surface area contributed by atoms with Gasteiger partial charge in [-0.3, -0.25) is 19.7 Å². The van der Waals surface area contributed by atoms with Crippen LogP contribution < -0.4 is 16.0 Å². The van der Waals surface area contributed by atoms with E-state index < -0.39 is 11.8 Å². The Morgan fingerprint density at radius 3 is 2.59 bits per heavy atom. The predicted molar refractivity (Wildman–Crippen MR) is 131 cm³/mol. The first-order valence-corrected chi connectivity index (χ1v) is 11.7. The van der Waals surface area contributed by atoms with Gasteiger partial charge in [-0.2, -0.15) is 0 Å². The van der Waals surface area contributed by atoms with E-state index in [4.69, 9.17) is 0 Å². The Morgan fingerprint density at radius 1 is 1.09 bits per heavy atom. The summed E-state index contributed by atoms with van der Waals surface area (Å²) in [6.45, 7) is 6.93. The van der Waals surface area contributed by atoms with Gasteiger partial charge in [0.2, 0.25) is 5.91 Å². The van der Waals surface area contributed by atoms with E-state index in [1.54, 1.807) is 12.1 Å². The molecule has 174 valence electrons. The minimum Gasteiger partial charge on any atom is -0.378 e. The number of carbonyl (C=O) groups is 3. The number of thioether (sulfide) groups is 1. The fourth-order valence-corrected chi connectivity index (χ4v) is 4.33. The molecule has 9 nitrogen and oxygen atoms in total. The monoisotopic (exact) mass is 476 g/mol. The quantitative estimate of drug-likeness (QED) is 0.233. The highest BCUT2D eigenvalue weighted by Crippen LogP contribution is 2.22. The van der Waals surface area contributed by atoms with Gasteiger partial charge in [0, 0.05) is 30.1 Å². The first-order chi connectivity index (χ1) is 16.4. The highest BCUT2D eigenvalue weighted by Gasteiger charge is 2.26. The van der Waals surface area contributed by atoms with Crippen LogP contribution in [0.15, 0.2) is 60.3 Å². The number of hydrogen-bond acceptors (Lipinski definition) is 7. The molecule has 2 aromatic carbocycles. The number of anilines is 2. The highest BCUT2D eigenvalue weighted by molar-refractivity contribution is 7.99. The SMILES string of the molecule is C=CCn1c(CNc2ccc(C)cc2)nnc1SCCC(=O)Nc1ccc2c(c1)C(=O)NC2=O. The lowest BCUT2D eigenvalue weighted by molar-refractivity contribution is -0.115. The number of fused-ring (bicyclic) bond motifs is 1. The van der Waals surface area contributed by atoms with Crippen molar-refractivity contribution in [1.29, 1.82) is 0 Å². The number of hydrogen-bond donors (Lipinski definition) is 3. The Balaban J connectivity index is 1.31. The maximum atomic E-state index is 12.4. The standard InChI is InChI=1S/C24H24N6O3S/c1-3-11-30-20(14-25-16-6-4-15(2)5-7-16)28-29-24(30)34-12-10-21(31)26-17-8-9-18-19(13-17)23(33)27-22(18)32/h3-9,13,25H,1,10-12,14H2,2H3,(H,26,31)(H,27,32,33). The number of carbonyl (C=O) groups excluding carboxylic acids is 3. The molecule has 3 N–H and O–H groups in total. The molecule has 0 radical (unpaired) electrons. The largest absolute Gasteiger partial charge is 0.378 e. The summed E-state index contributed by atoms with van der Waals surface area (Å²) in [4.78, 5) is 35.8. The number of nitrogens with zero attached hydrogens (tertiary/aromatic N) is 3. The third kappa shape index (κ3) is 5.34. The zero-order chi connectivity index (χ0) is 24.1. The second-order valence-corrected chi connectivity index (χ2v) is 8.77. The molecule has 0 spiro atoms. The number of allylic oxidation sites excluding steroid dienone is 1. The zero-order valence-electron chi connectivity index (χ0n) is 18.6. The molecule has 1 aliphatic rings. The van der Waals surface area contributed by atoms with Crippen LogP contribution in [0.5, 0.6) is 0 Å². The molecule has 4 rings (SSSR count). The van der Waals surface area contributed by atoms with Crippen LogP contribution in [0.2, 0.25) is 0 Å². The smallest absolute Gasteiger partial charge is 0.259 e. The number of rotatable bonds is 10. The van der Waals surface area contributed by atoms with E-state index in [0.717, 1.165) is 11.5 Å². The van der Waals surface area contributed by atoms with Crippen LogP contribution in [0, 0.1) is 6.92 Å². The lowest BCUT2D eigenvalue weighted by atomic mass is 10.1. The molecule has 2 heterocycles. The molecular formula is C24H24N6O3S. The van der Waals surface area contributed by atoms with E-state index in [9.17, 15) is 14.4 Å². The molecule has 0 aliphatic carbocycles. The summed E-state index contributed by atoms with van der Waals surface area (Å²) >= 11 is 1.44. The molecule has 0 bridgehead atoms. The van der Waals surface area contributed by atoms with Crippen LogP contribution in [0.4, 0.5) is 11.4 Å². The van der Waals surface area contributed by atoms with Gasteiger partial charge in [-0.25, -0.2) is 0 Å². The van der Waals surface area contributed by atoms with E-state index >= 15 is 0 Å². The third-order valence-electron chi connectivity index (χ3n) is 5.19. The van der Waals surface area contributed by atoms with Gasteiger partial charge in [0.15, 0.2) is 11.0 Å². The predicted octanol–water partition coefficient (Wildman–Crippen LogP) is 3.39. The van der Waals surface area contributed by atoms with Crippen molar-refractivity contribution in [2.24, 2.45) is 0 Å². The molecule has 34 heavy (non-hydrogen) atoms. The van der Waals surface area contributed by atoms with E-state index in [0.29, 0.717) is 35.2 Å². The molecule has 10 heteroatoms. The van der Waals surface area contributed by atoms with Crippen LogP contribution in [0.25, 0.3) is 0 Å². The number of amides is 3. The molecule has 0 saturated carbocycles. The Hall–Kier alpha value is -3.92. The number of benzene rings is 2. The number of aryl methyl sites for hydroxylation is 1. The van der Waals surface area contributed by atoms with Gasteiger partial charge in [0.05, 0.1) is 17.7 Å². The maximum Gasteiger partial charge on any atom is 0.259 e. The van der Waals surface area contributed by atoms with Crippen molar-refractivity contribution in [2.45, 2.75) is 31.6 Å². The number of aromatic nitrogens is 3. The topological polar surface area (TPSA) is 118 Å². The van der Waals surface area contributed by atoms with Crippen molar-refractivity contribution in [3.8, 4) is 0 Å². The molecule has 0 saturated heterocycles. The van der Waals surface area contributed by atoms with Crippen molar-refractivity contribution in [3.05, 3.63) is 77.6 Å². The summed E-state index contributed by atoms with van der Waals surface area (Å²) in [5.41, 5.74) is 3.24. The fourth-order valence-electron chi connectivity index (χ4n) is 3.43. The summed E-state index contributed by atoms with van der Waals surface area (Å²) in [5, 5.41) is 17.6. The first kappa shape index (κ1) is 23.2. The highest BCUT2D eigenvalue weighted by atomic mass is 32.2. The summed E-state index contributed by atoms with van der Waals surface area (Å²) in [7, 11) is 0. The molecule has 1 aliphatic heterocycles. The van der Waals surface area contributed by atoms with Gasteiger partial charge < -0.3 is 15.2 Å². The van der Waals surface area contributed by atoms with Crippen molar-refractivity contribution >= 4 is 40.9 Å². The van der Waals surface area contributed by atoms with E-state index in [2.05, 4.69) is 32.7 Å². The van der Waals surface area contributed by atoms with Crippen molar-refractivity contribution in [1.82, 2.24) is 20.1 Å². The van der Waals surface area contributed by atoms with Gasteiger partial charge in [0.1, 0.15) is 0 Å². The summed E-state index contributed by atoms with van der Waals surface area (Å²) in [6.07, 6.45) is 2.02. The fraction of sp³-hybridized carbons (Fsp3) is 0.208. The first-order valence-electron chi connectivity index (χ1n) is 10.7. The second kappa shape index (κ2) is 10.3. The van der Waals surface area contributed by atoms with Gasteiger partial charge in [-0.05, 0) is 37.3 Å². The average molecular weight is 477 g/mol. The zero-order valence-corrected chi connectivity index (χ0v) is 19.4. The summed E-state index contributed by atoms with van der Waals surface area (Å²) < 4.78 is 1.97. The Labute approximate surface area is 201 Å². The molecule has 1 aromatic heterocycles. The Kier molecular flexibility index (Phi) is 7.07. The van der Waals surface area contributed by atoms with Gasteiger partial charge in [-0.1, -0.05) is 35.5 Å². The molecule has 0 fully saturated rings. The van der Waals surface area contributed by atoms with Gasteiger partial charge in [-0.15, -0.1) is 16.8 Å². The Bertz CT molecular complexity index is 1250. The molecule has 3 amide bonds. The lowest BCUT2D eigenvalue weighted by Crippen LogP contribution is -2.19. The van der Waals surface area contributed by atoms with E-state index in [-0.39, 0.29) is 17.9 Å². The molecule has 3 aromatic rings. The average Bonchev–Trinajstić information content (AvgIpc) is 3.33. The normalized spacial score (nSPS) is 12.3. The van der Waals surface area contributed by atoms with Crippen LogP contribution >= 0.6 is 11.8 Å². The minimum atomic E-state index is -0.458. The summed E-state index contributed by atoms with van der Waals surface area (Å²) in [6, 6.07) is 12.8. The van der Waals surface area contributed by atoms with Crippen molar-refractivity contribution < 1.29 is 14.4 Å². The van der Waals surface area contributed by atoms with E-state index in [1.807, 2.05) is 35.8 Å². The lowest BCUT2D eigenvalue weighted by Gasteiger charge is -2.10. The third-order valence-corrected chi connectivity index (χ3v) is 6.16. The minimum absolute atomic E-state index is 0.201. The van der Waals surface area contributed by atoms with Crippen LogP contribution in [0.3, 0.4) is 0 Å². The van der Waals surface area contributed by atoms with Crippen LogP contribution in [-0.2, 0) is 17.9 Å². The van der Waals surface area contributed by atoms with E-state index in [1.165, 1.54) is 29.5 Å². The molecule has 0 unspecified atom stereocenters. The van der Waals surface area contributed by atoms with Crippen LogP contribution in [-0.4, -0.2) is 38.2 Å². The van der Waals surface area contributed by atoms with Crippen LogP contribution in [0.1, 0.15) is 38.5 Å². The second-order valence-electron chi connectivity index (χ2n) is 7.71. The molecule has 0 atom stereocenters.